The molecule has 0 saturated carbocycles. The van der Waals surface area contributed by atoms with Crippen molar-refractivity contribution in [3.05, 3.63) is 29.8 Å². The molecule has 13 heteroatoms. The van der Waals surface area contributed by atoms with Crippen LogP contribution in [0.3, 0.4) is 0 Å². The summed E-state index contributed by atoms with van der Waals surface area (Å²) in [7, 11) is -3.78. The van der Waals surface area contributed by atoms with E-state index in [1.807, 2.05) is 0 Å². The Morgan fingerprint density at radius 3 is 2.19 bits per heavy atom. The summed E-state index contributed by atoms with van der Waals surface area (Å²) in [4.78, 5) is 28.4. The van der Waals surface area contributed by atoms with E-state index in [9.17, 15) is 19.3 Å². The lowest BCUT2D eigenvalue weighted by atomic mass is 10.1. The zero-order chi connectivity index (χ0) is 23.7. The minimum Gasteiger partial charge on any atom is -0.480 e. The van der Waals surface area contributed by atoms with Gasteiger partial charge in [-0.05, 0) is 38.5 Å². The van der Waals surface area contributed by atoms with Crippen molar-refractivity contribution in [2.24, 2.45) is 5.50 Å². The van der Waals surface area contributed by atoms with E-state index in [1.54, 1.807) is 32.9 Å². The van der Waals surface area contributed by atoms with Gasteiger partial charge in [0.05, 0.1) is 0 Å². The van der Waals surface area contributed by atoms with Gasteiger partial charge in [0.15, 0.2) is 5.75 Å². The van der Waals surface area contributed by atoms with Crippen molar-refractivity contribution < 1.29 is 33.6 Å². The van der Waals surface area contributed by atoms with Gasteiger partial charge in [-0.1, -0.05) is 16.8 Å². The van der Waals surface area contributed by atoms with Gasteiger partial charge < -0.3 is 20.0 Å². The Morgan fingerprint density at radius 2 is 1.74 bits per heavy atom. The lowest BCUT2D eigenvalue weighted by molar-refractivity contribution is -0.139. The van der Waals surface area contributed by atoms with E-state index in [-0.39, 0.29) is 37.0 Å². The van der Waals surface area contributed by atoms with Crippen LogP contribution in [-0.2, 0) is 25.2 Å². The first-order chi connectivity index (χ1) is 14.4. The number of halogens is 2. The standard InChI is InChI=1S/C18H28Cl2N3O7P/c1-18(2,3)28-17(26)22-15(16(24)25)12-13-4-6-14(7-5-13)29-30-31(21,27)23(10-8-19)11-9-20/h4-7,15H,8-12H2,1-3H3,(H2,21,27)(H,22,26)(H,24,25)/t15-,31?/m0/s1. The van der Waals surface area contributed by atoms with Crippen LogP contribution < -0.4 is 15.7 Å². The molecule has 4 N–H and O–H groups in total. The fraction of sp³-hybridized carbons (Fsp3) is 0.556. The summed E-state index contributed by atoms with van der Waals surface area (Å²) in [5.41, 5.74) is 5.54. The van der Waals surface area contributed by atoms with E-state index in [0.717, 1.165) is 0 Å². The van der Waals surface area contributed by atoms with E-state index in [2.05, 4.69) is 5.32 Å². The Morgan fingerprint density at radius 1 is 1.19 bits per heavy atom. The Labute approximate surface area is 191 Å². The first-order valence-corrected chi connectivity index (χ1v) is 12.0. The number of rotatable bonds is 12. The summed E-state index contributed by atoms with van der Waals surface area (Å²) in [6.07, 6.45) is -0.824. The largest absolute Gasteiger partial charge is 0.480 e. The third-order valence-corrected chi connectivity index (χ3v) is 5.49. The minimum atomic E-state index is -3.78. The molecule has 1 aromatic carbocycles. The number of alkyl carbamates (subject to hydrolysis) is 1. The van der Waals surface area contributed by atoms with Gasteiger partial charge in [0.1, 0.15) is 11.6 Å². The fourth-order valence-electron chi connectivity index (χ4n) is 2.30. The molecule has 0 heterocycles. The van der Waals surface area contributed by atoms with Crippen LogP contribution in [0.15, 0.2) is 24.3 Å². The average molecular weight is 500 g/mol. The molecule has 0 radical (unpaired) electrons. The van der Waals surface area contributed by atoms with Gasteiger partial charge in [-0.25, -0.2) is 19.8 Å². The molecule has 0 fully saturated rings. The number of carbonyl (C=O) groups is 2. The number of hydrogen-bond acceptors (Lipinski definition) is 6. The summed E-state index contributed by atoms with van der Waals surface area (Å²) in [5.74, 6) is -0.661. The normalized spacial score (nSPS) is 14.5. The third kappa shape index (κ3) is 10.5. The number of carbonyl (C=O) groups excluding carboxylic acids is 1. The van der Waals surface area contributed by atoms with Crippen molar-refractivity contribution in [3.63, 3.8) is 0 Å². The molecule has 2 atom stereocenters. The number of benzene rings is 1. The minimum absolute atomic E-state index is 0.00428. The highest BCUT2D eigenvalue weighted by Gasteiger charge is 2.29. The summed E-state index contributed by atoms with van der Waals surface area (Å²) in [6, 6.07) is 4.91. The Kier molecular flexibility index (Phi) is 11.1. The summed E-state index contributed by atoms with van der Waals surface area (Å²) >= 11 is 11.3. The van der Waals surface area contributed by atoms with Gasteiger partial charge in [0.25, 0.3) is 0 Å². The van der Waals surface area contributed by atoms with Crippen molar-refractivity contribution in [2.45, 2.75) is 38.8 Å². The maximum absolute atomic E-state index is 12.5. The van der Waals surface area contributed by atoms with Gasteiger partial charge in [-0.3, -0.25) is 4.57 Å². The number of nitrogens with one attached hydrogen (secondary N) is 1. The van der Waals surface area contributed by atoms with Crippen LogP contribution in [-0.4, -0.2) is 58.3 Å². The molecule has 0 bridgehead atoms. The molecule has 1 amide bonds. The predicted molar refractivity (Wildman–Crippen MR) is 117 cm³/mol. The van der Waals surface area contributed by atoms with Crippen LogP contribution in [0.2, 0.25) is 0 Å². The molecular weight excluding hydrogens is 472 g/mol. The van der Waals surface area contributed by atoms with Crippen molar-refractivity contribution >= 4 is 42.9 Å². The quantitative estimate of drug-likeness (QED) is 0.171. The number of carboxylic acids is 1. The molecule has 1 unspecified atom stereocenters. The Bertz CT molecular complexity index is 768. The van der Waals surface area contributed by atoms with Gasteiger partial charge in [-0.2, -0.15) is 0 Å². The van der Waals surface area contributed by atoms with Crippen LogP contribution >= 0.6 is 30.9 Å². The number of nitrogens with zero attached hydrogens (tertiary/aromatic N) is 1. The maximum atomic E-state index is 12.5. The van der Waals surface area contributed by atoms with Gasteiger partial charge in [0.2, 0.25) is 0 Å². The number of ether oxygens (including phenoxy) is 1. The Balaban J connectivity index is 2.72. The zero-order valence-corrected chi connectivity index (χ0v) is 20.0. The second kappa shape index (κ2) is 12.5. The number of hydrogen-bond donors (Lipinski definition) is 3. The first-order valence-electron chi connectivity index (χ1n) is 9.31. The summed E-state index contributed by atoms with van der Waals surface area (Å²) < 4.78 is 23.8. The molecule has 0 aliphatic carbocycles. The van der Waals surface area contributed by atoms with E-state index in [0.29, 0.717) is 5.56 Å². The topological polar surface area (TPSA) is 140 Å². The maximum Gasteiger partial charge on any atom is 0.408 e. The molecule has 0 aliphatic heterocycles. The van der Waals surface area contributed by atoms with Gasteiger partial charge in [-0.15, -0.1) is 23.2 Å². The highest BCUT2D eigenvalue weighted by Crippen LogP contribution is 2.42. The smallest absolute Gasteiger partial charge is 0.408 e. The molecule has 1 rings (SSSR count). The summed E-state index contributed by atoms with van der Waals surface area (Å²) in [6.45, 7) is 5.42. The number of nitrogens with two attached hydrogens (primary N) is 1. The number of alkyl halides is 2. The molecule has 31 heavy (non-hydrogen) atoms. The predicted octanol–water partition coefficient (Wildman–Crippen LogP) is 3.36. The molecule has 176 valence electrons. The second-order valence-electron chi connectivity index (χ2n) is 7.44. The SMILES string of the molecule is CC(C)(C)OC(=O)N[C@@H](Cc1ccc(OOP(N)(=O)N(CCCl)CCCl)cc1)C(=O)O. The molecule has 10 nitrogen and oxygen atoms in total. The van der Waals surface area contributed by atoms with Crippen LogP contribution in [0.5, 0.6) is 5.75 Å². The summed E-state index contributed by atoms with van der Waals surface area (Å²) in [5, 5.41) is 11.7. The lowest BCUT2D eigenvalue weighted by Gasteiger charge is -2.25. The van der Waals surface area contributed by atoms with Crippen LogP contribution in [0, 0.1) is 0 Å². The van der Waals surface area contributed by atoms with E-state index in [1.165, 1.54) is 16.8 Å². The Hall–Kier alpha value is -1.55. The average Bonchev–Trinajstić information content (AvgIpc) is 2.65. The zero-order valence-electron chi connectivity index (χ0n) is 17.5. The van der Waals surface area contributed by atoms with E-state index < -0.39 is 31.4 Å². The molecule has 0 aliphatic rings. The van der Waals surface area contributed by atoms with Gasteiger partial charge in [0, 0.05) is 31.3 Å². The van der Waals surface area contributed by atoms with Crippen molar-refractivity contribution in [3.8, 4) is 5.75 Å². The molecule has 0 spiro atoms. The lowest BCUT2D eigenvalue weighted by Crippen LogP contribution is -2.44. The molecule has 0 aromatic heterocycles. The molecular formula is C18H28Cl2N3O7P. The van der Waals surface area contributed by atoms with Crippen molar-refractivity contribution in [1.82, 2.24) is 9.99 Å². The first kappa shape index (κ1) is 27.5. The van der Waals surface area contributed by atoms with E-state index >= 15 is 0 Å². The van der Waals surface area contributed by atoms with Gasteiger partial charge >= 0.3 is 19.7 Å². The molecule has 0 saturated heterocycles. The highest BCUT2D eigenvalue weighted by molar-refractivity contribution is 7.53. The monoisotopic (exact) mass is 499 g/mol. The van der Waals surface area contributed by atoms with Crippen molar-refractivity contribution in [1.29, 1.82) is 0 Å². The fourth-order valence-corrected chi connectivity index (χ4v) is 3.98. The van der Waals surface area contributed by atoms with Crippen LogP contribution in [0.4, 0.5) is 4.79 Å². The highest BCUT2D eigenvalue weighted by atomic mass is 35.5. The molecule has 1 aromatic rings. The number of carboxylic acid groups (broad SMARTS) is 1. The van der Waals surface area contributed by atoms with Crippen LogP contribution in [0.25, 0.3) is 0 Å². The number of amides is 1. The third-order valence-electron chi connectivity index (χ3n) is 3.67. The van der Waals surface area contributed by atoms with Crippen molar-refractivity contribution in [2.75, 3.05) is 24.8 Å². The second-order valence-corrected chi connectivity index (χ2v) is 10.0. The van der Waals surface area contributed by atoms with E-state index in [4.69, 9.17) is 43.0 Å². The van der Waals surface area contributed by atoms with Crippen LogP contribution in [0.1, 0.15) is 26.3 Å². The number of aliphatic carboxylic acids is 1.